The second kappa shape index (κ2) is 10.1. The number of benzene rings is 1. The van der Waals surface area contributed by atoms with Crippen molar-refractivity contribution in [3.63, 3.8) is 0 Å². The molecule has 1 aromatic carbocycles. The monoisotopic (exact) mass is 442 g/mol. The molecule has 1 aromatic heterocycles. The lowest BCUT2D eigenvalue weighted by Gasteiger charge is -2.36. The first-order valence-corrected chi connectivity index (χ1v) is 11.0. The molecule has 3 heterocycles. The van der Waals surface area contributed by atoms with Crippen LogP contribution in [0.1, 0.15) is 47.5 Å². The van der Waals surface area contributed by atoms with E-state index in [9.17, 15) is 19.1 Å². The van der Waals surface area contributed by atoms with Crippen molar-refractivity contribution < 1.29 is 28.6 Å². The number of pyridine rings is 1. The maximum Gasteiger partial charge on any atom is 0.303 e. The number of aromatic nitrogens is 1. The summed E-state index contributed by atoms with van der Waals surface area (Å²) >= 11 is 0. The molecule has 0 saturated carbocycles. The number of carboxylic acid groups (broad SMARTS) is 1. The van der Waals surface area contributed by atoms with Crippen molar-refractivity contribution in [2.45, 2.75) is 37.7 Å². The van der Waals surface area contributed by atoms with E-state index in [0.717, 1.165) is 12.0 Å². The molecule has 32 heavy (non-hydrogen) atoms. The Hall–Kier alpha value is -3.00. The Bertz CT molecular complexity index is 938. The van der Waals surface area contributed by atoms with Gasteiger partial charge >= 0.3 is 5.97 Å². The highest BCUT2D eigenvalue weighted by Crippen LogP contribution is 2.36. The average molecular weight is 442 g/mol. The van der Waals surface area contributed by atoms with E-state index in [1.165, 1.54) is 12.1 Å². The number of hydrogen-bond donors (Lipinski definition) is 1. The van der Waals surface area contributed by atoms with Crippen molar-refractivity contribution in [1.82, 2.24) is 9.88 Å². The summed E-state index contributed by atoms with van der Waals surface area (Å²) in [6.45, 7) is 2.27. The summed E-state index contributed by atoms with van der Waals surface area (Å²) < 4.78 is 24.4. The Morgan fingerprint density at radius 2 is 1.94 bits per heavy atom. The minimum absolute atomic E-state index is 0.0137. The number of piperidine rings is 1. The normalized spacial score (nSPS) is 20.2. The smallest absolute Gasteiger partial charge is 0.303 e. The molecule has 170 valence electrons. The van der Waals surface area contributed by atoms with E-state index in [0.29, 0.717) is 50.6 Å². The molecule has 2 fully saturated rings. The van der Waals surface area contributed by atoms with Gasteiger partial charge in [0, 0.05) is 37.3 Å². The lowest BCUT2D eigenvalue weighted by atomic mass is 9.78. The molecular weight excluding hydrogens is 415 g/mol. The minimum Gasteiger partial charge on any atom is -0.481 e. The van der Waals surface area contributed by atoms with Crippen LogP contribution in [0.4, 0.5) is 4.39 Å². The van der Waals surface area contributed by atoms with Crippen LogP contribution in [-0.2, 0) is 9.53 Å². The molecule has 0 spiro atoms. The molecule has 4 rings (SSSR count). The second-order valence-electron chi connectivity index (χ2n) is 8.37. The predicted octanol–water partition coefficient (Wildman–Crippen LogP) is 3.50. The zero-order chi connectivity index (χ0) is 22.5. The van der Waals surface area contributed by atoms with Gasteiger partial charge in [-0.3, -0.25) is 9.59 Å². The van der Waals surface area contributed by atoms with Crippen LogP contribution in [-0.4, -0.2) is 59.3 Å². The summed E-state index contributed by atoms with van der Waals surface area (Å²) in [7, 11) is 0. The van der Waals surface area contributed by atoms with E-state index in [1.54, 1.807) is 35.4 Å². The fourth-order valence-corrected chi connectivity index (χ4v) is 4.53. The van der Waals surface area contributed by atoms with Gasteiger partial charge in [0.05, 0.1) is 19.6 Å². The molecule has 1 N–H and O–H groups in total. The highest BCUT2D eigenvalue weighted by molar-refractivity contribution is 5.94. The minimum atomic E-state index is -0.880. The Morgan fingerprint density at radius 3 is 2.59 bits per heavy atom. The fraction of sp³-hybridized carbons (Fsp3) is 0.458. The summed E-state index contributed by atoms with van der Waals surface area (Å²) in [5.41, 5.74) is 1.35. The highest BCUT2D eigenvalue weighted by atomic mass is 19.1. The van der Waals surface area contributed by atoms with Crippen LogP contribution in [0.25, 0.3) is 0 Å². The van der Waals surface area contributed by atoms with E-state index < -0.39 is 5.97 Å². The summed E-state index contributed by atoms with van der Waals surface area (Å²) in [6.07, 6.45) is 3.70. The number of carbonyl (C=O) groups excluding carboxylic acids is 1. The molecular formula is C24H27FN2O5. The Labute approximate surface area is 186 Å². The number of likely N-dealkylation sites (tertiary alicyclic amines) is 1. The molecule has 2 aromatic rings. The molecule has 2 atom stereocenters. The predicted molar refractivity (Wildman–Crippen MR) is 114 cm³/mol. The lowest BCUT2D eigenvalue weighted by molar-refractivity contribution is -0.137. The Kier molecular flexibility index (Phi) is 6.99. The van der Waals surface area contributed by atoms with Gasteiger partial charge in [0.15, 0.2) is 0 Å². The van der Waals surface area contributed by atoms with Gasteiger partial charge in [0.1, 0.15) is 11.9 Å². The molecule has 0 bridgehead atoms. The van der Waals surface area contributed by atoms with Crippen LogP contribution in [0.5, 0.6) is 5.88 Å². The maximum atomic E-state index is 13.3. The quantitative estimate of drug-likeness (QED) is 0.706. The third kappa shape index (κ3) is 5.43. The second-order valence-corrected chi connectivity index (χ2v) is 8.37. The third-order valence-corrected chi connectivity index (χ3v) is 6.25. The summed E-state index contributed by atoms with van der Waals surface area (Å²) in [6, 6.07) is 9.40. The van der Waals surface area contributed by atoms with Gasteiger partial charge < -0.3 is 19.5 Å². The van der Waals surface area contributed by atoms with Gasteiger partial charge in [-0.05, 0) is 48.4 Å². The van der Waals surface area contributed by atoms with Crippen molar-refractivity contribution >= 4 is 11.9 Å². The van der Waals surface area contributed by atoms with Crippen molar-refractivity contribution in [3.8, 4) is 5.88 Å². The van der Waals surface area contributed by atoms with E-state index in [2.05, 4.69) is 4.98 Å². The molecule has 7 nitrogen and oxygen atoms in total. The first-order chi connectivity index (χ1) is 15.5. The van der Waals surface area contributed by atoms with E-state index >= 15 is 0 Å². The van der Waals surface area contributed by atoms with Crippen LogP contribution < -0.4 is 4.74 Å². The molecule has 2 aliphatic heterocycles. The highest BCUT2D eigenvalue weighted by Gasteiger charge is 2.31. The number of nitrogens with zero attached hydrogens (tertiary/aromatic N) is 2. The first-order valence-electron chi connectivity index (χ1n) is 11.0. The third-order valence-electron chi connectivity index (χ3n) is 6.25. The number of rotatable bonds is 7. The number of aliphatic carboxylic acids is 1. The SMILES string of the molecule is O=C(O)CC(c1ccc(F)cc1)C1CCN(C(=O)c2ccnc(OC3CCOC3)c2)CC1. The number of carboxylic acids is 1. The van der Waals surface area contributed by atoms with Gasteiger partial charge in [0.25, 0.3) is 5.91 Å². The first kappa shape index (κ1) is 22.2. The molecule has 2 unspecified atom stereocenters. The van der Waals surface area contributed by atoms with Gasteiger partial charge in [-0.25, -0.2) is 9.37 Å². The molecule has 2 saturated heterocycles. The summed E-state index contributed by atoms with van der Waals surface area (Å²) in [4.78, 5) is 30.5. The Morgan fingerprint density at radius 1 is 1.19 bits per heavy atom. The van der Waals surface area contributed by atoms with Gasteiger partial charge in [-0.15, -0.1) is 0 Å². The molecule has 2 aliphatic rings. The number of carbonyl (C=O) groups is 2. The topological polar surface area (TPSA) is 89.0 Å². The van der Waals surface area contributed by atoms with Crippen LogP contribution >= 0.6 is 0 Å². The number of amides is 1. The van der Waals surface area contributed by atoms with Crippen molar-refractivity contribution in [2.75, 3.05) is 26.3 Å². The standard InChI is InChI=1S/C24H27FN2O5/c25-19-3-1-16(2-4-19)21(14-23(28)29)17-6-10-27(11-7-17)24(30)18-5-9-26-22(13-18)32-20-8-12-31-15-20/h1-5,9,13,17,20-21H,6-8,10-12,14-15H2,(H,28,29). The zero-order valence-electron chi connectivity index (χ0n) is 17.8. The van der Waals surface area contributed by atoms with E-state index in [1.807, 2.05) is 0 Å². The molecule has 0 radical (unpaired) electrons. The van der Waals surface area contributed by atoms with Gasteiger partial charge in [-0.1, -0.05) is 12.1 Å². The van der Waals surface area contributed by atoms with Crippen LogP contribution in [0.2, 0.25) is 0 Å². The lowest BCUT2D eigenvalue weighted by Crippen LogP contribution is -2.40. The average Bonchev–Trinajstić information content (AvgIpc) is 3.31. The van der Waals surface area contributed by atoms with Crippen molar-refractivity contribution in [1.29, 1.82) is 0 Å². The van der Waals surface area contributed by atoms with Crippen LogP contribution in [0, 0.1) is 11.7 Å². The molecule has 8 heteroatoms. The Balaban J connectivity index is 1.39. The number of hydrogen-bond acceptors (Lipinski definition) is 5. The van der Waals surface area contributed by atoms with Crippen LogP contribution in [0.3, 0.4) is 0 Å². The van der Waals surface area contributed by atoms with Crippen molar-refractivity contribution in [3.05, 3.63) is 59.5 Å². The molecule has 0 aliphatic carbocycles. The van der Waals surface area contributed by atoms with Crippen molar-refractivity contribution in [2.24, 2.45) is 5.92 Å². The number of halogens is 1. The maximum absolute atomic E-state index is 13.3. The van der Waals surface area contributed by atoms with E-state index in [4.69, 9.17) is 9.47 Å². The number of ether oxygens (including phenoxy) is 2. The van der Waals surface area contributed by atoms with E-state index in [-0.39, 0.29) is 36.1 Å². The zero-order valence-corrected chi connectivity index (χ0v) is 17.8. The summed E-state index contributed by atoms with van der Waals surface area (Å²) in [5.74, 6) is -0.993. The fourth-order valence-electron chi connectivity index (χ4n) is 4.53. The van der Waals surface area contributed by atoms with Gasteiger partial charge in [0.2, 0.25) is 5.88 Å². The van der Waals surface area contributed by atoms with Gasteiger partial charge in [-0.2, -0.15) is 0 Å². The largest absolute Gasteiger partial charge is 0.481 e. The molecule has 1 amide bonds. The van der Waals surface area contributed by atoms with Crippen LogP contribution in [0.15, 0.2) is 42.6 Å². The summed E-state index contributed by atoms with van der Waals surface area (Å²) in [5, 5.41) is 9.38.